The predicted molar refractivity (Wildman–Crippen MR) is 252 cm³/mol. The molecule has 348 valence electrons. The Bertz CT molecular complexity index is 2910. The zero-order valence-electron chi connectivity index (χ0n) is 37.0. The van der Waals surface area contributed by atoms with Crippen LogP contribution in [0, 0.1) is 11.8 Å². The summed E-state index contributed by atoms with van der Waals surface area (Å²) in [7, 11) is 7.55. The average Bonchev–Trinajstić information content (AvgIpc) is 3.69. The number of aromatic carboxylic acids is 2. The van der Waals surface area contributed by atoms with E-state index in [1.54, 1.807) is 32.8 Å². The number of aliphatic hydroxyl groups excluding tert-OH is 1. The van der Waals surface area contributed by atoms with Gasteiger partial charge in [0, 0.05) is 124 Å². The lowest BCUT2D eigenvalue weighted by molar-refractivity contribution is -0.138. The van der Waals surface area contributed by atoms with Crippen molar-refractivity contribution in [1.82, 2.24) is 33.8 Å². The molecule has 6 aromatic rings. The number of halogens is 2. The van der Waals surface area contributed by atoms with Crippen molar-refractivity contribution in [3.8, 4) is 34.0 Å². The first-order valence-corrected chi connectivity index (χ1v) is 20.8. The SMILES string of the molecule is CCc1c(-c2ccc3c(c2)cc(CN2CC(C(=O)N(C)C)C2)n3C)[nH]c(=O)c(C(=O)O)c1O.CCc1c(-c2ccc3c(c2)cc(CN2CC(CO)C2)n3C)[nH]c(=O)c(C(=O)O)c1O.Cl.Cl. The number of aryl methyl sites for hydroxylation is 2. The van der Waals surface area contributed by atoms with E-state index in [1.807, 2.05) is 50.5 Å². The molecule has 7 N–H and O–H groups in total. The molecule has 6 heterocycles. The van der Waals surface area contributed by atoms with Crippen LogP contribution in [0.15, 0.2) is 58.1 Å². The number of amides is 1. The van der Waals surface area contributed by atoms with Crippen LogP contribution < -0.4 is 11.1 Å². The second-order valence-corrected chi connectivity index (χ2v) is 16.7. The van der Waals surface area contributed by atoms with Crippen LogP contribution in [0.25, 0.3) is 44.3 Å². The Morgan fingerprint density at radius 1 is 0.677 bits per heavy atom. The number of benzene rings is 2. The fraction of sp³-hybridized carbons (Fsp3) is 0.370. The predicted octanol–water partition coefficient (Wildman–Crippen LogP) is 4.79. The first-order valence-electron chi connectivity index (χ1n) is 20.8. The Labute approximate surface area is 386 Å². The lowest BCUT2D eigenvalue weighted by atomic mass is 9.98. The highest BCUT2D eigenvalue weighted by Gasteiger charge is 2.34. The molecular weight excluding hydrogens is 881 g/mol. The first kappa shape index (κ1) is 49.9. The van der Waals surface area contributed by atoms with Crippen LogP contribution in [0.5, 0.6) is 11.5 Å². The molecule has 0 spiro atoms. The number of aliphatic hydroxyl groups is 1. The summed E-state index contributed by atoms with van der Waals surface area (Å²) in [5.74, 6) is -3.31. The number of rotatable bonds is 12. The fourth-order valence-corrected chi connectivity index (χ4v) is 8.86. The number of carbonyl (C=O) groups excluding carboxylic acids is 1. The minimum Gasteiger partial charge on any atom is -0.506 e. The standard InChI is InChI=1S/C24H28N4O5.C22H25N3O5.2ClH/c1-5-17-20(25-22(30)19(21(17)29)24(32)33)13-6-7-18-14(8-13)9-16(27(18)4)12-28-10-15(11-28)23(31)26(2)3;1-3-16-19(23-21(28)18(20(16)27)22(29)30)13-4-5-17-14(6-13)7-15(24(17)2)10-25-8-12(9-25)11-26;;/h6-9,15H,5,10-12H2,1-4H3,(H,32,33)(H2,25,29,30);4-7,12,26H,3,8-11H2,1-2H3,(H,29,30)(H2,23,27,28);2*1H. The van der Waals surface area contributed by atoms with Crippen LogP contribution in [0.4, 0.5) is 0 Å². The quantitative estimate of drug-likeness (QED) is 0.0878. The molecule has 0 bridgehead atoms. The van der Waals surface area contributed by atoms with E-state index in [-0.39, 0.29) is 43.2 Å². The first-order chi connectivity index (χ1) is 29.9. The number of fused-ring (bicyclic) bond motifs is 2. The molecular formula is C46H55Cl2N7O10. The Hall–Kier alpha value is -6.11. The van der Waals surface area contributed by atoms with Gasteiger partial charge in [0.1, 0.15) is 11.5 Å². The lowest BCUT2D eigenvalue weighted by Crippen LogP contribution is -2.52. The number of aromatic hydroxyl groups is 2. The molecule has 0 unspecified atom stereocenters. The maximum Gasteiger partial charge on any atom is 0.345 e. The molecule has 2 aromatic carbocycles. The van der Waals surface area contributed by atoms with E-state index in [4.69, 9.17) is 0 Å². The molecule has 8 rings (SSSR count). The van der Waals surface area contributed by atoms with Gasteiger partial charge in [0.25, 0.3) is 11.1 Å². The normalized spacial score (nSPS) is 14.2. The summed E-state index contributed by atoms with van der Waals surface area (Å²) in [6, 6.07) is 15.7. The maximum atomic E-state index is 12.3. The van der Waals surface area contributed by atoms with Gasteiger partial charge in [-0.3, -0.25) is 24.2 Å². The second-order valence-electron chi connectivity index (χ2n) is 16.7. The third kappa shape index (κ3) is 9.51. The van der Waals surface area contributed by atoms with Gasteiger partial charge in [-0.05, 0) is 60.4 Å². The van der Waals surface area contributed by atoms with Gasteiger partial charge in [-0.1, -0.05) is 26.0 Å². The summed E-state index contributed by atoms with van der Waals surface area (Å²) < 4.78 is 4.23. The number of carboxylic acids is 2. The van der Waals surface area contributed by atoms with Crippen molar-refractivity contribution >= 4 is 64.5 Å². The van der Waals surface area contributed by atoms with Crippen LogP contribution in [-0.2, 0) is 44.8 Å². The number of nitrogens with zero attached hydrogens (tertiary/aromatic N) is 5. The van der Waals surface area contributed by atoms with Gasteiger partial charge in [0.05, 0.1) is 17.3 Å². The Morgan fingerprint density at radius 3 is 1.43 bits per heavy atom. The van der Waals surface area contributed by atoms with Crippen LogP contribution in [0.1, 0.15) is 57.1 Å². The Kier molecular flexibility index (Phi) is 15.3. The zero-order chi connectivity index (χ0) is 45.6. The van der Waals surface area contributed by atoms with Crippen molar-refractivity contribution in [2.24, 2.45) is 25.9 Å². The number of carbonyl (C=O) groups is 3. The summed E-state index contributed by atoms with van der Waals surface area (Å²) in [4.78, 5) is 70.8. The number of aromatic nitrogens is 4. The number of pyridine rings is 2. The highest BCUT2D eigenvalue weighted by atomic mass is 35.5. The molecule has 2 aliphatic rings. The van der Waals surface area contributed by atoms with E-state index in [0.717, 1.165) is 72.5 Å². The summed E-state index contributed by atoms with van der Waals surface area (Å²) in [6.07, 6.45) is 0.732. The van der Waals surface area contributed by atoms with Crippen molar-refractivity contribution in [2.45, 2.75) is 39.8 Å². The highest BCUT2D eigenvalue weighted by molar-refractivity contribution is 5.94. The van der Waals surface area contributed by atoms with Crippen LogP contribution in [0.3, 0.4) is 0 Å². The minimum atomic E-state index is -1.46. The van der Waals surface area contributed by atoms with Crippen LogP contribution in [0.2, 0.25) is 0 Å². The Balaban J connectivity index is 0.000000238. The van der Waals surface area contributed by atoms with E-state index in [2.05, 4.69) is 41.0 Å². The number of likely N-dealkylation sites (tertiary alicyclic amines) is 2. The molecule has 2 fully saturated rings. The fourth-order valence-electron chi connectivity index (χ4n) is 8.86. The van der Waals surface area contributed by atoms with Crippen molar-refractivity contribution < 1.29 is 39.9 Å². The average molecular weight is 937 g/mol. The molecule has 4 aromatic heterocycles. The van der Waals surface area contributed by atoms with Crippen molar-refractivity contribution in [1.29, 1.82) is 0 Å². The number of hydrogen-bond donors (Lipinski definition) is 7. The summed E-state index contributed by atoms with van der Waals surface area (Å²) in [6.45, 7) is 8.59. The maximum absolute atomic E-state index is 12.3. The molecule has 2 aliphatic heterocycles. The third-order valence-corrected chi connectivity index (χ3v) is 12.4. The van der Waals surface area contributed by atoms with Crippen molar-refractivity contribution in [3.05, 3.63) is 103 Å². The van der Waals surface area contributed by atoms with Crippen LogP contribution in [-0.4, -0.2) is 124 Å². The van der Waals surface area contributed by atoms with Crippen molar-refractivity contribution in [3.63, 3.8) is 0 Å². The summed E-state index contributed by atoms with van der Waals surface area (Å²) in [5, 5.41) is 50.5. The minimum absolute atomic E-state index is 0. The molecule has 65 heavy (non-hydrogen) atoms. The topological polar surface area (TPSA) is 238 Å². The third-order valence-electron chi connectivity index (χ3n) is 12.4. The monoisotopic (exact) mass is 935 g/mol. The van der Waals surface area contributed by atoms with Gasteiger partial charge in [0.15, 0.2) is 11.1 Å². The molecule has 0 atom stereocenters. The van der Waals surface area contributed by atoms with E-state index < -0.39 is 45.7 Å². The number of H-pyrrole nitrogens is 2. The molecule has 17 nitrogen and oxygen atoms in total. The van der Waals surface area contributed by atoms with E-state index >= 15 is 0 Å². The lowest BCUT2D eigenvalue weighted by Gasteiger charge is -2.39. The molecule has 0 saturated carbocycles. The van der Waals surface area contributed by atoms with E-state index in [0.29, 0.717) is 52.4 Å². The van der Waals surface area contributed by atoms with Gasteiger partial charge in [-0.2, -0.15) is 0 Å². The van der Waals surface area contributed by atoms with E-state index in [9.17, 15) is 49.5 Å². The molecule has 0 radical (unpaired) electrons. The second kappa shape index (κ2) is 20.0. The van der Waals surface area contributed by atoms with Crippen molar-refractivity contribution in [2.75, 3.05) is 46.9 Å². The number of aromatic amines is 2. The number of nitrogens with one attached hydrogen (secondary N) is 2. The van der Waals surface area contributed by atoms with E-state index in [1.165, 1.54) is 0 Å². The van der Waals surface area contributed by atoms with Crippen LogP contribution >= 0.6 is 24.8 Å². The van der Waals surface area contributed by atoms with Gasteiger partial charge in [-0.15, -0.1) is 24.8 Å². The molecule has 19 heteroatoms. The molecule has 2 saturated heterocycles. The van der Waals surface area contributed by atoms with Gasteiger partial charge < -0.3 is 49.5 Å². The largest absolute Gasteiger partial charge is 0.506 e. The smallest absolute Gasteiger partial charge is 0.345 e. The number of hydrogen-bond acceptors (Lipinski definition) is 10. The van der Waals surface area contributed by atoms with Gasteiger partial charge >= 0.3 is 11.9 Å². The molecule has 0 aliphatic carbocycles. The van der Waals surface area contributed by atoms with Gasteiger partial charge in [0.2, 0.25) is 5.91 Å². The van der Waals surface area contributed by atoms with Gasteiger partial charge in [-0.25, -0.2) is 9.59 Å². The number of carboxylic acid groups (broad SMARTS) is 2. The Morgan fingerprint density at radius 2 is 1.08 bits per heavy atom. The highest BCUT2D eigenvalue weighted by Crippen LogP contribution is 2.35. The summed E-state index contributed by atoms with van der Waals surface area (Å²) in [5.41, 5.74) is 4.44. The zero-order valence-corrected chi connectivity index (χ0v) is 38.6. The summed E-state index contributed by atoms with van der Waals surface area (Å²) >= 11 is 0. The molecule has 1 amide bonds.